The highest BCUT2D eigenvalue weighted by Gasteiger charge is 2.31. The first-order chi connectivity index (χ1) is 14.5. The van der Waals surface area contributed by atoms with Gasteiger partial charge < -0.3 is 20.5 Å². The number of aromatic nitrogens is 4. The highest BCUT2D eigenvalue weighted by molar-refractivity contribution is 5.93. The summed E-state index contributed by atoms with van der Waals surface area (Å²) in [5, 5.41) is 4.82. The van der Waals surface area contributed by atoms with Crippen LogP contribution in [0.15, 0.2) is 24.4 Å². The van der Waals surface area contributed by atoms with Crippen molar-refractivity contribution in [3.63, 3.8) is 0 Å². The number of rotatable bonds is 3. The zero-order valence-electron chi connectivity index (χ0n) is 17.6. The van der Waals surface area contributed by atoms with Crippen molar-refractivity contribution < 1.29 is 4.79 Å². The van der Waals surface area contributed by atoms with Gasteiger partial charge in [-0.25, -0.2) is 9.50 Å². The average Bonchev–Trinajstić information content (AvgIpc) is 3.46. The van der Waals surface area contributed by atoms with Crippen LogP contribution in [0.2, 0.25) is 0 Å². The molecule has 2 saturated heterocycles. The molecule has 3 aromatic heterocycles. The molecule has 3 aromatic rings. The van der Waals surface area contributed by atoms with Gasteiger partial charge in [0.25, 0.3) is 5.91 Å². The van der Waals surface area contributed by atoms with Crippen LogP contribution >= 0.6 is 0 Å². The van der Waals surface area contributed by atoms with E-state index in [0.717, 1.165) is 73.7 Å². The lowest BCUT2D eigenvalue weighted by molar-refractivity contribution is 0.0600. The number of fused-ring (bicyclic) bond motifs is 1. The van der Waals surface area contributed by atoms with E-state index in [2.05, 4.69) is 16.8 Å². The predicted octanol–water partition coefficient (Wildman–Crippen LogP) is 2.58. The second-order valence-electron chi connectivity index (χ2n) is 8.68. The average molecular weight is 408 g/mol. The number of carbonyl (C=O) groups is 1. The van der Waals surface area contributed by atoms with Gasteiger partial charge in [-0.1, -0.05) is 0 Å². The first-order valence-corrected chi connectivity index (χ1v) is 10.8. The van der Waals surface area contributed by atoms with Gasteiger partial charge in [0.2, 0.25) is 0 Å². The monoisotopic (exact) mass is 407 g/mol. The molecule has 0 aromatic carbocycles. The lowest BCUT2D eigenvalue weighted by Gasteiger charge is -2.34. The Morgan fingerprint density at radius 3 is 2.80 bits per heavy atom. The van der Waals surface area contributed by atoms with Gasteiger partial charge in [-0.15, -0.1) is 0 Å². The Kier molecular flexibility index (Phi) is 4.73. The zero-order valence-corrected chi connectivity index (χ0v) is 17.6. The van der Waals surface area contributed by atoms with Crippen LogP contribution < -0.4 is 10.6 Å². The minimum absolute atomic E-state index is 0.0273. The Morgan fingerprint density at radius 2 is 2.07 bits per heavy atom. The minimum atomic E-state index is -0.0273. The van der Waals surface area contributed by atoms with Crippen molar-refractivity contribution in [3.05, 3.63) is 47.0 Å². The lowest BCUT2D eigenvalue weighted by atomic mass is 9.99. The molecule has 30 heavy (non-hydrogen) atoms. The van der Waals surface area contributed by atoms with Crippen LogP contribution in [-0.2, 0) is 0 Å². The largest absolute Gasteiger partial charge is 0.355 e. The third-order valence-electron chi connectivity index (χ3n) is 6.32. The van der Waals surface area contributed by atoms with Gasteiger partial charge in [-0.2, -0.15) is 5.10 Å². The molecule has 0 radical (unpaired) electrons. The highest BCUT2D eigenvalue weighted by atomic mass is 16.2. The number of nitrogens with one attached hydrogen (secondary N) is 1. The quantitative estimate of drug-likeness (QED) is 0.696. The van der Waals surface area contributed by atoms with Gasteiger partial charge in [0, 0.05) is 49.2 Å². The summed E-state index contributed by atoms with van der Waals surface area (Å²) in [6, 6.07) is 6.03. The molecule has 2 fully saturated rings. The number of nitrogens with zero attached hydrogens (tertiary/aromatic N) is 5. The lowest BCUT2D eigenvalue weighted by Crippen LogP contribution is -2.38. The molecule has 0 bridgehead atoms. The smallest absolute Gasteiger partial charge is 0.270 e. The Morgan fingerprint density at radius 1 is 1.20 bits per heavy atom. The van der Waals surface area contributed by atoms with Crippen LogP contribution in [-0.4, -0.2) is 56.1 Å². The summed E-state index contributed by atoms with van der Waals surface area (Å²) in [7, 11) is 0. The number of anilines is 1. The van der Waals surface area contributed by atoms with Crippen molar-refractivity contribution in [1.29, 1.82) is 0 Å². The zero-order chi connectivity index (χ0) is 20.8. The van der Waals surface area contributed by atoms with E-state index in [1.807, 2.05) is 40.7 Å². The summed E-state index contributed by atoms with van der Waals surface area (Å²) >= 11 is 0. The van der Waals surface area contributed by atoms with Crippen LogP contribution in [0.4, 0.5) is 5.82 Å². The topological polar surface area (TPSA) is 95.6 Å². The maximum atomic E-state index is 13.2. The Hall–Kier alpha value is -2.87. The van der Waals surface area contributed by atoms with Crippen LogP contribution in [0.25, 0.3) is 5.65 Å². The molecule has 1 amide bonds. The van der Waals surface area contributed by atoms with Crippen molar-refractivity contribution in [3.8, 4) is 0 Å². The van der Waals surface area contributed by atoms with E-state index in [1.165, 1.54) is 0 Å². The van der Waals surface area contributed by atoms with Gasteiger partial charge in [-0.05, 0) is 51.7 Å². The summed E-state index contributed by atoms with van der Waals surface area (Å²) in [6.45, 7) is 6.55. The molecule has 2 aliphatic rings. The second-order valence-corrected chi connectivity index (χ2v) is 8.68. The number of likely N-dealkylation sites (tertiary alicyclic amines) is 1. The first kappa shape index (κ1) is 19.1. The molecule has 5 rings (SSSR count). The van der Waals surface area contributed by atoms with Crippen molar-refractivity contribution in [2.75, 3.05) is 24.5 Å². The van der Waals surface area contributed by atoms with Crippen molar-refractivity contribution >= 4 is 17.4 Å². The van der Waals surface area contributed by atoms with Gasteiger partial charge in [0.05, 0.1) is 11.7 Å². The van der Waals surface area contributed by atoms with Crippen LogP contribution in [0.5, 0.6) is 0 Å². The van der Waals surface area contributed by atoms with Crippen molar-refractivity contribution in [1.82, 2.24) is 24.5 Å². The SMILES string of the molecule is Cc1ccc(C(=O)N2CCCC[C@H]2c2cc3nc(N4CC[C@H](N)C4)c(C)cn3n2)[nH]1. The van der Waals surface area contributed by atoms with E-state index in [1.54, 1.807) is 0 Å². The van der Waals surface area contributed by atoms with Crippen LogP contribution in [0, 0.1) is 13.8 Å². The molecule has 8 nitrogen and oxygen atoms in total. The molecule has 2 atom stereocenters. The number of amides is 1. The summed E-state index contributed by atoms with van der Waals surface area (Å²) in [4.78, 5) is 25.4. The molecule has 5 heterocycles. The fraction of sp³-hybridized carbons (Fsp3) is 0.500. The van der Waals surface area contributed by atoms with E-state index in [-0.39, 0.29) is 18.0 Å². The highest BCUT2D eigenvalue weighted by Crippen LogP contribution is 2.32. The van der Waals surface area contributed by atoms with Gasteiger partial charge in [0.15, 0.2) is 5.65 Å². The fourth-order valence-electron chi connectivity index (χ4n) is 4.75. The molecule has 158 valence electrons. The molecule has 8 heteroatoms. The summed E-state index contributed by atoms with van der Waals surface area (Å²) in [5.74, 6) is 1.03. The molecule has 0 saturated carbocycles. The number of aryl methyl sites for hydroxylation is 2. The summed E-state index contributed by atoms with van der Waals surface area (Å²) in [5.41, 5.74) is 10.5. The van der Waals surface area contributed by atoms with Gasteiger partial charge in [0.1, 0.15) is 11.5 Å². The summed E-state index contributed by atoms with van der Waals surface area (Å²) in [6.07, 6.45) is 6.06. The van der Waals surface area contributed by atoms with E-state index < -0.39 is 0 Å². The number of hydrogen-bond donors (Lipinski definition) is 2. The minimum Gasteiger partial charge on any atom is -0.355 e. The molecular formula is C22H29N7O. The van der Waals surface area contributed by atoms with E-state index >= 15 is 0 Å². The summed E-state index contributed by atoms with van der Waals surface area (Å²) < 4.78 is 1.85. The Labute approximate surface area is 176 Å². The predicted molar refractivity (Wildman–Crippen MR) is 116 cm³/mol. The standard InChI is InChI=1S/C22H29N7O/c1-14-12-29-20(25-21(14)27-10-8-16(23)13-27)11-18(26-29)19-5-3-4-9-28(19)22(30)17-7-6-15(2)24-17/h6-7,11-12,16,19,24H,3-5,8-10,13,23H2,1-2H3/t16-,19-/m0/s1. The molecule has 0 aliphatic carbocycles. The third kappa shape index (κ3) is 3.35. The van der Waals surface area contributed by atoms with E-state index in [0.29, 0.717) is 5.69 Å². The molecule has 0 unspecified atom stereocenters. The Balaban J connectivity index is 1.47. The number of H-pyrrole nitrogens is 1. The normalized spacial score (nSPS) is 22.2. The van der Waals surface area contributed by atoms with Crippen LogP contribution in [0.1, 0.15) is 59.2 Å². The number of hydrogen-bond acceptors (Lipinski definition) is 5. The maximum Gasteiger partial charge on any atom is 0.270 e. The van der Waals surface area contributed by atoms with Gasteiger partial charge >= 0.3 is 0 Å². The second kappa shape index (κ2) is 7.43. The molecule has 0 spiro atoms. The Bertz CT molecular complexity index is 1080. The maximum absolute atomic E-state index is 13.2. The third-order valence-corrected chi connectivity index (χ3v) is 6.32. The fourth-order valence-corrected chi connectivity index (χ4v) is 4.75. The van der Waals surface area contributed by atoms with E-state index in [9.17, 15) is 4.79 Å². The van der Waals surface area contributed by atoms with Crippen LogP contribution in [0.3, 0.4) is 0 Å². The van der Waals surface area contributed by atoms with Crippen molar-refractivity contribution in [2.24, 2.45) is 5.73 Å². The number of carbonyl (C=O) groups excluding carboxylic acids is 1. The number of piperidine rings is 1. The molecule has 3 N–H and O–H groups in total. The van der Waals surface area contributed by atoms with Gasteiger partial charge in [-0.3, -0.25) is 4.79 Å². The number of nitrogens with two attached hydrogens (primary N) is 1. The number of aromatic amines is 1. The first-order valence-electron chi connectivity index (χ1n) is 10.8. The van der Waals surface area contributed by atoms with E-state index in [4.69, 9.17) is 15.8 Å². The molecular weight excluding hydrogens is 378 g/mol. The van der Waals surface area contributed by atoms with Crippen molar-refractivity contribution in [2.45, 2.75) is 51.6 Å². The molecule has 2 aliphatic heterocycles.